The summed E-state index contributed by atoms with van der Waals surface area (Å²) in [5, 5.41) is 3.69. The molecule has 1 N–H and O–H groups in total. The average molecular weight is 288 g/mol. The Bertz CT molecular complexity index is 407. The highest BCUT2D eigenvalue weighted by Crippen LogP contribution is 2.35. The molecule has 0 saturated carbocycles. The Morgan fingerprint density at radius 3 is 2.29 bits per heavy atom. The lowest BCUT2D eigenvalue weighted by Gasteiger charge is -2.43. The highest BCUT2D eigenvalue weighted by molar-refractivity contribution is 5.20. The molecule has 1 fully saturated rings. The van der Waals surface area contributed by atoms with E-state index in [9.17, 15) is 0 Å². The van der Waals surface area contributed by atoms with Crippen LogP contribution < -0.4 is 5.32 Å². The van der Waals surface area contributed by atoms with E-state index in [-0.39, 0.29) is 0 Å². The molecule has 2 heteroatoms. The first-order valence-electron chi connectivity index (χ1n) is 8.62. The van der Waals surface area contributed by atoms with Crippen molar-refractivity contribution < 1.29 is 0 Å². The minimum Gasteiger partial charge on any atom is -0.309 e. The van der Waals surface area contributed by atoms with Gasteiger partial charge >= 0.3 is 0 Å². The number of hydrogen-bond acceptors (Lipinski definition) is 2. The molecular weight excluding hydrogens is 256 g/mol. The Labute approximate surface area is 130 Å². The zero-order valence-electron chi connectivity index (χ0n) is 14.2. The van der Waals surface area contributed by atoms with Crippen molar-refractivity contribution in [2.75, 3.05) is 19.6 Å². The maximum Gasteiger partial charge on any atom is 0.0475 e. The van der Waals surface area contributed by atoms with Crippen LogP contribution in [0.1, 0.15) is 58.6 Å². The quantitative estimate of drug-likeness (QED) is 0.842. The Balaban J connectivity index is 2.04. The van der Waals surface area contributed by atoms with Crippen LogP contribution in [0.4, 0.5) is 0 Å². The molecule has 2 nitrogen and oxygen atoms in total. The first-order chi connectivity index (χ1) is 10.1. The summed E-state index contributed by atoms with van der Waals surface area (Å²) in [4.78, 5) is 2.68. The lowest BCUT2D eigenvalue weighted by atomic mass is 9.77. The van der Waals surface area contributed by atoms with Crippen molar-refractivity contribution in [1.82, 2.24) is 10.2 Å². The molecular formula is C19H32N2. The van der Waals surface area contributed by atoms with Gasteiger partial charge in [-0.15, -0.1) is 0 Å². The van der Waals surface area contributed by atoms with Crippen LogP contribution in [-0.4, -0.2) is 30.6 Å². The molecule has 0 bridgehead atoms. The summed E-state index contributed by atoms with van der Waals surface area (Å²) >= 11 is 0. The van der Waals surface area contributed by atoms with Gasteiger partial charge in [0.2, 0.25) is 0 Å². The molecule has 2 unspecified atom stereocenters. The minimum absolute atomic E-state index is 0.433. The maximum absolute atomic E-state index is 3.69. The Morgan fingerprint density at radius 1 is 1.14 bits per heavy atom. The largest absolute Gasteiger partial charge is 0.309 e. The van der Waals surface area contributed by atoms with E-state index >= 15 is 0 Å². The van der Waals surface area contributed by atoms with Crippen LogP contribution in [0.3, 0.4) is 0 Å². The lowest BCUT2D eigenvalue weighted by Crippen LogP contribution is -2.48. The molecule has 0 amide bonds. The van der Waals surface area contributed by atoms with Crippen LogP contribution in [0.2, 0.25) is 0 Å². The Hall–Kier alpha value is -0.860. The summed E-state index contributed by atoms with van der Waals surface area (Å²) in [6, 6.07) is 11.9. The molecule has 21 heavy (non-hydrogen) atoms. The van der Waals surface area contributed by atoms with Crippen LogP contribution in [0.15, 0.2) is 30.3 Å². The monoisotopic (exact) mass is 288 g/mol. The van der Waals surface area contributed by atoms with E-state index in [2.05, 4.69) is 68.2 Å². The van der Waals surface area contributed by atoms with Gasteiger partial charge in [-0.1, -0.05) is 57.5 Å². The fourth-order valence-corrected chi connectivity index (χ4v) is 3.48. The fraction of sp³-hybridized carbons (Fsp3) is 0.684. The highest BCUT2D eigenvalue weighted by atomic mass is 15.2. The van der Waals surface area contributed by atoms with Gasteiger partial charge in [0.1, 0.15) is 0 Å². The van der Waals surface area contributed by atoms with Gasteiger partial charge < -0.3 is 5.32 Å². The highest BCUT2D eigenvalue weighted by Gasteiger charge is 2.32. The second-order valence-corrected chi connectivity index (χ2v) is 6.89. The summed E-state index contributed by atoms with van der Waals surface area (Å²) in [6.45, 7) is 12.9. The molecule has 118 valence electrons. The summed E-state index contributed by atoms with van der Waals surface area (Å²) < 4.78 is 0. The SMILES string of the molecule is CCNC(c1ccccc1)C(C)N1CCC(C)(CC)CC1. The van der Waals surface area contributed by atoms with Crippen molar-refractivity contribution in [1.29, 1.82) is 0 Å². The number of nitrogens with one attached hydrogen (secondary N) is 1. The molecule has 2 rings (SSSR count). The predicted molar refractivity (Wildman–Crippen MR) is 91.5 cm³/mol. The van der Waals surface area contributed by atoms with Gasteiger partial charge in [0, 0.05) is 12.1 Å². The summed E-state index contributed by atoms with van der Waals surface area (Å²) in [5.74, 6) is 0. The predicted octanol–water partition coefficient (Wildman–Crippen LogP) is 4.24. The van der Waals surface area contributed by atoms with Crippen molar-refractivity contribution in [3.05, 3.63) is 35.9 Å². The normalized spacial score (nSPS) is 21.9. The average Bonchev–Trinajstić information content (AvgIpc) is 2.53. The molecule has 1 saturated heterocycles. The molecule has 0 radical (unpaired) electrons. The van der Waals surface area contributed by atoms with E-state index < -0.39 is 0 Å². The first kappa shape index (κ1) is 16.5. The third-order valence-electron chi connectivity index (χ3n) is 5.50. The third kappa shape index (κ3) is 4.08. The number of piperidine rings is 1. The lowest BCUT2D eigenvalue weighted by molar-refractivity contribution is 0.0716. The van der Waals surface area contributed by atoms with Crippen LogP contribution in [0.5, 0.6) is 0 Å². The zero-order chi connectivity index (χ0) is 15.3. The van der Waals surface area contributed by atoms with Crippen LogP contribution in [0.25, 0.3) is 0 Å². The van der Waals surface area contributed by atoms with Crippen molar-refractivity contribution in [2.24, 2.45) is 5.41 Å². The second kappa shape index (κ2) is 7.42. The number of nitrogens with zero attached hydrogens (tertiary/aromatic N) is 1. The molecule has 1 aliphatic heterocycles. The van der Waals surface area contributed by atoms with Gasteiger partial charge in [0.25, 0.3) is 0 Å². The fourth-order valence-electron chi connectivity index (χ4n) is 3.48. The van der Waals surface area contributed by atoms with E-state index in [1.54, 1.807) is 0 Å². The van der Waals surface area contributed by atoms with Crippen LogP contribution >= 0.6 is 0 Å². The van der Waals surface area contributed by atoms with E-state index in [4.69, 9.17) is 0 Å². The van der Waals surface area contributed by atoms with E-state index in [0.29, 0.717) is 17.5 Å². The van der Waals surface area contributed by atoms with Crippen molar-refractivity contribution in [3.63, 3.8) is 0 Å². The third-order valence-corrected chi connectivity index (χ3v) is 5.50. The Kier molecular flexibility index (Phi) is 5.83. The molecule has 1 heterocycles. The number of likely N-dealkylation sites (tertiary alicyclic amines) is 1. The second-order valence-electron chi connectivity index (χ2n) is 6.89. The first-order valence-corrected chi connectivity index (χ1v) is 8.62. The van der Waals surface area contributed by atoms with Gasteiger partial charge in [0.15, 0.2) is 0 Å². The van der Waals surface area contributed by atoms with Gasteiger partial charge in [-0.25, -0.2) is 0 Å². The summed E-state index contributed by atoms with van der Waals surface area (Å²) in [7, 11) is 0. The van der Waals surface area contributed by atoms with Gasteiger partial charge in [-0.3, -0.25) is 4.90 Å². The van der Waals surface area contributed by atoms with Gasteiger partial charge in [0.05, 0.1) is 0 Å². The van der Waals surface area contributed by atoms with E-state index in [0.717, 1.165) is 6.54 Å². The summed E-state index contributed by atoms with van der Waals surface area (Å²) in [5.41, 5.74) is 1.98. The smallest absolute Gasteiger partial charge is 0.0475 e. The van der Waals surface area contributed by atoms with E-state index in [1.165, 1.54) is 37.9 Å². The number of benzene rings is 1. The summed E-state index contributed by atoms with van der Waals surface area (Å²) in [6.07, 6.45) is 3.98. The minimum atomic E-state index is 0.433. The molecule has 0 aliphatic carbocycles. The zero-order valence-corrected chi connectivity index (χ0v) is 14.2. The Morgan fingerprint density at radius 2 is 1.76 bits per heavy atom. The number of likely N-dealkylation sites (N-methyl/N-ethyl adjacent to an activating group) is 1. The van der Waals surface area contributed by atoms with Crippen LogP contribution in [-0.2, 0) is 0 Å². The van der Waals surface area contributed by atoms with E-state index in [1.807, 2.05) is 0 Å². The number of rotatable bonds is 6. The van der Waals surface area contributed by atoms with Gasteiger partial charge in [-0.2, -0.15) is 0 Å². The molecule has 2 atom stereocenters. The molecule has 0 aromatic heterocycles. The van der Waals surface area contributed by atoms with Gasteiger partial charge in [-0.05, 0) is 50.4 Å². The van der Waals surface area contributed by atoms with Crippen molar-refractivity contribution in [3.8, 4) is 0 Å². The topological polar surface area (TPSA) is 15.3 Å². The van der Waals surface area contributed by atoms with Crippen LogP contribution in [0, 0.1) is 5.41 Å². The number of hydrogen-bond donors (Lipinski definition) is 1. The van der Waals surface area contributed by atoms with Crippen molar-refractivity contribution >= 4 is 0 Å². The molecule has 0 spiro atoms. The molecule has 1 aromatic rings. The van der Waals surface area contributed by atoms with Crippen molar-refractivity contribution in [2.45, 2.75) is 59.0 Å². The maximum atomic E-state index is 3.69. The molecule has 1 aromatic carbocycles. The standard InChI is InChI=1S/C19H32N2/c1-5-19(4)12-14-21(15-13-19)16(3)18(20-6-2)17-10-8-7-9-11-17/h7-11,16,18,20H,5-6,12-15H2,1-4H3. The molecule has 1 aliphatic rings.